The van der Waals surface area contributed by atoms with Crippen LogP contribution in [0, 0.1) is 0 Å². The van der Waals surface area contributed by atoms with Gasteiger partial charge in [0.15, 0.2) is 0 Å². The van der Waals surface area contributed by atoms with Gasteiger partial charge in [0.1, 0.15) is 5.51 Å². The number of anilines is 1. The molecular formula is C10H10N4OS. The van der Waals surface area contributed by atoms with Crippen LogP contribution >= 0.6 is 11.3 Å². The molecule has 6 heteroatoms. The molecule has 0 radical (unpaired) electrons. The second kappa shape index (κ2) is 5.32. The summed E-state index contributed by atoms with van der Waals surface area (Å²) >= 11 is 1.30. The molecule has 0 aliphatic rings. The molecule has 2 heterocycles. The molecule has 0 bridgehead atoms. The molecule has 0 aromatic carbocycles. The summed E-state index contributed by atoms with van der Waals surface area (Å²) in [6.45, 7) is 0. The highest BCUT2D eigenvalue weighted by Crippen LogP contribution is 2.08. The maximum atomic E-state index is 11.5. The number of amides is 1. The SMILES string of the molecule is O=C(CCc1ccccn1)Nc1nncs1. The third-order valence-corrected chi connectivity index (χ3v) is 2.55. The lowest BCUT2D eigenvalue weighted by atomic mass is 10.2. The van der Waals surface area contributed by atoms with Crippen LogP contribution in [0.2, 0.25) is 0 Å². The second-order valence-electron chi connectivity index (χ2n) is 3.11. The number of nitrogens with one attached hydrogen (secondary N) is 1. The Morgan fingerprint density at radius 3 is 3.06 bits per heavy atom. The molecule has 0 atom stereocenters. The topological polar surface area (TPSA) is 67.8 Å². The molecule has 16 heavy (non-hydrogen) atoms. The van der Waals surface area contributed by atoms with Crippen molar-refractivity contribution >= 4 is 22.4 Å². The van der Waals surface area contributed by atoms with E-state index in [-0.39, 0.29) is 5.91 Å². The van der Waals surface area contributed by atoms with Crippen molar-refractivity contribution in [2.24, 2.45) is 0 Å². The van der Waals surface area contributed by atoms with E-state index in [2.05, 4.69) is 20.5 Å². The smallest absolute Gasteiger partial charge is 0.226 e. The lowest BCUT2D eigenvalue weighted by Gasteiger charge is -2.00. The van der Waals surface area contributed by atoms with Crippen LogP contribution in [-0.4, -0.2) is 21.1 Å². The van der Waals surface area contributed by atoms with Crippen molar-refractivity contribution < 1.29 is 4.79 Å². The second-order valence-corrected chi connectivity index (χ2v) is 3.95. The van der Waals surface area contributed by atoms with Gasteiger partial charge in [-0.25, -0.2) is 0 Å². The maximum absolute atomic E-state index is 11.5. The van der Waals surface area contributed by atoms with Crippen molar-refractivity contribution in [1.29, 1.82) is 0 Å². The minimum Gasteiger partial charge on any atom is -0.301 e. The van der Waals surface area contributed by atoms with Gasteiger partial charge in [-0.05, 0) is 18.6 Å². The number of hydrogen-bond acceptors (Lipinski definition) is 5. The van der Waals surface area contributed by atoms with Gasteiger partial charge in [0.05, 0.1) is 0 Å². The summed E-state index contributed by atoms with van der Waals surface area (Å²) in [6, 6.07) is 5.66. The zero-order valence-electron chi connectivity index (χ0n) is 8.46. The molecule has 0 aliphatic carbocycles. The van der Waals surface area contributed by atoms with E-state index in [0.717, 1.165) is 5.69 Å². The Labute approximate surface area is 96.6 Å². The number of aryl methyl sites for hydroxylation is 1. The van der Waals surface area contributed by atoms with Crippen molar-refractivity contribution in [3.8, 4) is 0 Å². The Bertz CT molecular complexity index is 443. The summed E-state index contributed by atoms with van der Waals surface area (Å²) in [7, 11) is 0. The summed E-state index contributed by atoms with van der Waals surface area (Å²) in [5.41, 5.74) is 2.49. The summed E-state index contributed by atoms with van der Waals surface area (Å²) in [5, 5.41) is 10.6. The van der Waals surface area contributed by atoms with Gasteiger partial charge in [0, 0.05) is 18.3 Å². The zero-order chi connectivity index (χ0) is 11.2. The van der Waals surface area contributed by atoms with Crippen LogP contribution < -0.4 is 5.32 Å². The van der Waals surface area contributed by atoms with Crippen LogP contribution in [0.5, 0.6) is 0 Å². The number of aromatic nitrogens is 3. The number of hydrogen-bond donors (Lipinski definition) is 1. The molecule has 1 amide bonds. The quantitative estimate of drug-likeness (QED) is 0.870. The zero-order valence-corrected chi connectivity index (χ0v) is 9.28. The molecule has 0 saturated carbocycles. The summed E-state index contributed by atoms with van der Waals surface area (Å²) < 4.78 is 0. The van der Waals surface area contributed by atoms with Crippen LogP contribution in [0.3, 0.4) is 0 Å². The Morgan fingerprint density at radius 2 is 2.38 bits per heavy atom. The molecular weight excluding hydrogens is 224 g/mol. The maximum Gasteiger partial charge on any atom is 0.226 e. The van der Waals surface area contributed by atoms with Gasteiger partial charge >= 0.3 is 0 Å². The third kappa shape index (κ3) is 3.09. The summed E-state index contributed by atoms with van der Waals surface area (Å²) in [6.07, 6.45) is 2.75. The van der Waals surface area contributed by atoms with Crippen molar-refractivity contribution in [2.75, 3.05) is 5.32 Å². The molecule has 0 spiro atoms. The fourth-order valence-corrected chi connectivity index (χ4v) is 1.66. The van der Waals surface area contributed by atoms with Crippen LogP contribution in [0.15, 0.2) is 29.9 Å². The highest BCUT2D eigenvalue weighted by atomic mass is 32.1. The van der Waals surface area contributed by atoms with Gasteiger partial charge in [-0.3, -0.25) is 9.78 Å². The predicted molar refractivity (Wildman–Crippen MR) is 61.1 cm³/mol. The minimum atomic E-state index is -0.0672. The minimum absolute atomic E-state index is 0.0672. The number of nitrogens with zero attached hydrogens (tertiary/aromatic N) is 3. The van der Waals surface area contributed by atoms with Crippen LogP contribution in [0.4, 0.5) is 5.13 Å². The van der Waals surface area contributed by atoms with Gasteiger partial charge < -0.3 is 5.32 Å². The summed E-state index contributed by atoms with van der Waals surface area (Å²) in [4.78, 5) is 15.6. The van der Waals surface area contributed by atoms with Gasteiger partial charge in [-0.2, -0.15) is 0 Å². The molecule has 0 unspecified atom stereocenters. The molecule has 1 N–H and O–H groups in total. The molecule has 82 valence electrons. The van der Waals surface area contributed by atoms with Crippen molar-refractivity contribution in [3.05, 3.63) is 35.6 Å². The Morgan fingerprint density at radius 1 is 1.44 bits per heavy atom. The van der Waals surface area contributed by atoms with E-state index in [1.54, 1.807) is 11.7 Å². The van der Waals surface area contributed by atoms with Crippen LogP contribution in [-0.2, 0) is 11.2 Å². The normalized spacial score (nSPS) is 10.0. The fourth-order valence-electron chi connectivity index (χ4n) is 1.20. The van der Waals surface area contributed by atoms with E-state index in [1.165, 1.54) is 11.3 Å². The Kier molecular flexibility index (Phi) is 3.55. The van der Waals surface area contributed by atoms with Gasteiger partial charge in [-0.1, -0.05) is 17.4 Å². The average Bonchev–Trinajstić information content (AvgIpc) is 2.81. The lowest BCUT2D eigenvalue weighted by molar-refractivity contribution is -0.116. The van der Waals surface area contributed by atoms with E-state index < -0.39 is 0 Å². The van der Waals surface area contributed by atoms with E-state index in [9.17, 15) is 4.79 Å². The van der Waals surface area contributed by atoms with Gasteiger partial charge in [0.2, 0.25) is 11.0 Å². The van der Waals surface area contributed by atoms with Gasteiger partial charge in [0.25, 0.3) is 0 Å². The molecule has 2 rings (SSSR count). The van der Waals surface area contributed by atoms with E-state index >= 15 is 0 Å². The number of rotatable bonds is 4. The highest BCUT2D eigenvalue weighted by Gasteiger charge is 2.05. The largest absolute Gasteiger partial charge is 0.301 e. The number of carbonyl (C=O) groups is 1. The molecule has 0 saturated heterocycles. The molecule has 2 aromatic rings. The number of carbonyl (C=O) groups excluding carboxylic acids is 1. The Balaban J connectivity index is 1.80. The van der Waals surface area contributed by atoms with Crippen LogP contribution in [0.1, 0.15) is 12.1 Å². The van der Waals surface area contributed by atoms with Crippen LogP contribution in [0.25, 0.3) is 0 Å². The first-order valence-corrected chi connectivity index (χ1v) is 5.68. The monoisotopic (exact) mass is 234 g/mol. The Hall–Kier alpha value is -1.82. The molecule has 0 aliphatic heterocycles. The van der Waals surface area contributed by atoms with Crippen molar-refractivity contribution in [2.45, 2.75) is 12.8 Å². The predicted octanol–water partition coefficient (Wildman–Crippen LogP) is 1.50. The first kappa shape index (κ1) is 10.7. The average molecular weight is 234 g/mol. The first-order chi connectivity index (χ1) is 7.84. The van der Waals surface area contributed by atoms with Crippen molar-refractivity contribution in [1.82, 2.24) is 15.2 Å². The number of pyridine rings is 1. The third-order valence-electron chi connectivity index (χ3n) is 1.94. The van der Waals surface area contributed by atoms with Crippen molar-refractivity contribution in [3.63, 3.8) is 0 Å². The highest BCUT2D eigenvalue weighted by molar-refractivity contribution is 7.13. The lowest BCUT2D eigenvalue weighted by Crippen LogP contribution is -2.12. The summed E-state index contributed by atoms with van der Waals surface area (Å²) in [5.74, 6) is -0.0672. The standard InChI is InChI=1S/C10H10N4OS/c15-9(13-10-14-12-7-16-10)5-4-8-3-1-2-6-11-8/h1-3,6-7H,4-5H2,(H,13,14,15). The first-order valence-electron chi connectivity index (χ1n) is 4.80. The van der Waals surface area contributed by atoms with E-state index in [0.29, 0.717) is 18.0 Å². The molecule has 0 fully saturated rings. The van der Waals surface area contributed by atoms with Gasteiger partial charge in [-0.15, -0.1) is 10.2 Å². The van der Waals surface area contributed by atoms with E-state index in [1.807, 2.05) is 18.2 Å². The fraction of sp³-hybridized carbons (Fsp3) is 0.200. The molecule has 5 nitrogen and oxygen atoms in total. The molecule has 2 aromatic heterocycles. The van der Waals surface area contributed by atoms with E-state index in [4.69, 9.17) is 0 Å².